The zero-order valence-electron chi connectivity index (χ0n) is 10.2. The molecule has 2 heteroatoms. The molecule has 0 aromatic heterocycles. The lowest BCUT2D eigenvalue weighted by Gasteiger charge is -2.21. The van der Waals surface area contributed by atoms with E-state index in [0.29, 0.717) is 0 Å². The Balaban J connectivity index is 2.12. The fraction of sp³-hybridized carbons (Fsp3) is 0.846. The smallest absolute Gasteiger partial charge is 0.0202 e. The Bertz CT molecular complexity index is 169. The fourth-order valence-electron chi connectivity index (χ4n) is 2.11. The third kappa shape index (κ3) is 5.95. The summed E-state index contributed by atoms with van der Waals surface area (Å²) in [5, 5.41) is 3.41. The van der Waals surface area contributed by atoms with Gasteiger partial charge in [0.25, 0.3) is 0 Å². The molecule has 0 aromatic carbocycles. The average Bonchev–Trinajstić information content (AvgIpc) is 2.47. The van der Waals surface area contributed by atoms with Crippen molar-refractivity contribution in [3.8, 4) is 0 Å². The molecular weight excluding hydrogens is 184 g/mol. The van der Waals surface area contributed by atoms with E-state index in [1.165, 1.54) is 50.8 Å². The summed E-state index contributed by atoms with van der Waals surface area (Å²) in [5.41, 5.74) is 1.34. The minimum Gasteiger partial charge on any atom is -0.313 e. The van der Waals surface area contributed by atoms with Crippen LogP contribution in [0.5, 0.6) is 0 Å². The van der Waals surface area contributed by atoms with Gasteiger partial charge < -0.3 is 5.32 Å². The number of nitrogens with one attached hydrogen (secondary N) is 1. The molecule has 1 aliphatic rings. The summed E-state index contributed by atoms with van der Waals surface area (Å²) in [6, 6.07) is 0. The molecule has 0 aromatic rings. The summed E-state index contributed by atoms with van der Waals surface area (Å²) in [5.74, 6) is 0. The molecule has 0 bridgehead atoms. The molecule has 88 valence electrons. The van der Waals surface area contributed by atoms with Gasteiger partial charge in [-0.3, -0.25) is 4.90 Å². The topological polar surface area (TPSA) is 15.3 Å². The average molecular weight is 210 g/mol. The quantitative estimate of drug-likeness (QED) is 0.535. The van der Waals surface area contributed by atoms with Crippen molar-refractivity contribution in [2.24, 2.45) is 0 Å². The van der Waals surface area contributed by atoms with E-state index < -0.39 is 0 Å². The van der Waals surface area contributed by atoms with Gasteiger partial charge in [0.05, 0.1) is 0 Å². The highest BCUT2D eigenvalue weighted by atomic mass is 15.1. The van der Waals surface area contributed by atoms with Crippen molar-refractivity contribution in [1.29, 1.82) is 0 Å². The first-order valence-electron chi connectivity index (χ1n) is 6.42. The van der Waals surface area contributed by atoms with E-state index in [9.17, 15) is 0 Å². The second-order valence-corrected chi connectivity index (χ2v) is 4.62. The molecule has 0 aliphatic carbocycles. The van der Waals surface area contributed by atoms with Crippen molar-refractivity contribution in [2.75, 3.05) is 32.7 Å². The van der Waals surface area contributed by atoms with Crippen LogP contribution in [0.15, 0.2) is 12.2 Å². The van der Waals surface area contributed by atoms with Crippen molar-refractivity contribution >= 4 is 0 Å². The van der Waals surface area contributed by atoms with Crippen LogP contribution in [-0.4, -0.2) is 37.6 Å². The summed E-state index contributed by atoms with van der Waals surface area (Å²) in [6.07, 6.45) is 6.77. The molecule has 1 fully saturated rings. The molecular formula is C13H26N2. The van der Waals surface area contributed by atoms with Gasteiger partial charge >= 0.3 is 0 Å². The van der Waals surface area contributed by atoms with Gasteiger partial charge in [-0.05, 0) is 44.5 Å². The normalized spacial score (nSPS) is 18.7. The van der Waals surface area contributed by atoms with Crippen LogP contribution >= 0.6 is 0 Å². The Labute approximate surface area is 94.7 Å². The van der Waals surface area contributed by atoms with Crippen molar-refractivity contribution in [3.63, 3.8) is 0 Å². The van der Waals surface area contributed by atoms with Gasteiger partial charge in [0, 0.05) is 13.1 Å². The van der Waals surface area contributed by atoms with E-state index in [4.69, 9.17) is 0 Å². The fourth-order valence-corrected chi connectivity index (χ4v) is 2.11. The van der Waals surface area contributed by atoms with E-state index in [0.717, 1.165) is 19.6 Å². The largest absolute Gasteiger partial charge is 0.313 e. The van der Waals surface area contributed by atoms with Crippen LogP contribution in [0.1, 0.15) is 39.0 Å². The number of hydrogen-bond acceptors (Lipinski definition) is 2. The molecule has 0 unspecified atom stereocenters. The summed E-state index contributed by atoms with van der Waals surface area (Å²) in [6.45, 7) is 12.1. The second-order valence-electron chi connectivity index (χ2n) is 4.62. The zero-order chi connectivity index (χ0) is 10.9. The predicted octanol–water partition coefficient (Wildman–Crippen LogP) is 2.42. The SMILES string of the molecule is C=C(CNCCC)CN1CCCCCC1. The molecule has 1 N–H and O–H groups in total. The Morgan fingerprint density at radius 3 is 2.47 bits per heavy atom. The molecule has 1 aliphatic heterocycles. The highest BCUT2D eigenvalue weighted by Gasteiger charge is 2.09. The van der Waals surface area contributed by atoms with Gasteiger partial charge in [-0.25, -0.2) is 0 Å². The van der Waals surface area contributed by atoms with Gasteiger partial charge in [0.2, 0.25) is 0 Å². The van der Waals surface area contributed by atoms with E-state index >= 15 is 0 Å². The predicted molar refractivity (Wildman–Crippen MR) is 67.2 cm³/mol. The van der Waals surface area contributed by atoms with E-state index in [1.54, 1.807) is 0 Å². The zero-order valence-corrected chi connectivity index (χ0v) is 10.2. The Hall–Kier alpha value is -0.340. The molecule has 1 heterocycles. The van der Waals surface area contributed by atoms with Crippen LogP contribution in [0.2, 0.25) is 0 Å². The highest BCUT2D eigenvalue weighted by Crippen LogP contribution is 2.10. The van der Waals surface area contributed by atoms with Crippen molar-refractivity contribution in [1.82, 2.24) is 10.2 Å². The molecule has 1 rings (SSSR count). The number of likely N-dealkylation sites (tertiary alicyclic amines) is 1. The summed E-state index contributed by atoms with van der Waals surface area (Å²) in [7, 11) is 0. The molecule has 0 radical (unpaired) electrons. The summed E-state index contributed by atoms with van der Waals surface area (Å²) in [4.78, 5) is 2.56. The van der Waals surface area contributed by atoms with Crippen LogP contribution in [0.3, 0.4) is 0 Å². The third-order valence-electron chi connectivity index (χ3n) is 2.95. The summed E-state index contributed by atoms with van der Waals surface area (Å²) < 4.78 is 0. The lowest BCUT2D eigenvalue weighted by Crippen LogP contribution is -2.30. The Morgan fingerprint density at radius 2 is 1.87 bits per heavy atom. The van der Waals surface area contributed by atoms with Crippen LogP contribution in [0, 0.1) is 0 Å². The van der Waals surface area contributed by atoms with Gasteiger partial charge in [0.15, 0.2) is 0 Å². The molecule has 0 amide bonds. The maximum atomic E-state index is 4.15. The van der Waals surface area contributed by atoms with Crippen LogP contribution in [0.4, 0.5) is 0 Å². The van der Waals surface area contributed by atoms with E-state index in [-0.39, 0.29) is 0 Å². The van der Waals surface area contributed by atoms with Crippen molar-refractivity contribution < 1.29 is 0 Å². The van der Waals surface area contributed by atoms with Crippen LogP contribution in [-0.2, 0) is 0 Å². The molecule has 0 atom stereocenters. The maximum absolute atomic E-state index is 4.15. The Morgan fingerprint density at radius 1 is 1.20 bits per heavy atom. The lowest BCUT2D eigenvalue weighted by atomic mass is 10.2. The summed E-state index contributed by atoms with van der Waals surface area (Å²) >= 11 is 0. The lowest BCUT2D eigenvalue weighted by molar-refractivity contribution is 0.307. The molecule has 1 saturated heterocycles. The third-order valence-corrected chi connectivity index (χ3v) is 2.95. The monoisotopic (exact) mass is 210 g/mol. The number of rotatable bonds is 6. The first-order valence-corrected chi connectivity index (χ1v) is 6.42. The van der Waals surface area contributed by atoms with Gasteiger partial charge in [-0.1, -0.05) is 26.3 Å². The minimum atomic E-state index is 0.990. The Kier molecular flexibility index (Phi) is 6.69. The van der Waals surface area contributed by atoms with Crippen LogP contribution in [0.25, 0.3) is 0 Å². The standard InChI is InChI=1S/C13H26N2/c1-3-8-14-11-13(2)12-15-9-6-4-5-7-10-15/h14H,2-12H2,1H3. The van der Waals surface area contributed by atoms with E-state index in [2.05, 4.69) is 23.7 Å². The van der Waals surface area contributed by atoms with E-state index in [1.807, 2.05) is 0 Å². The minimum absolute atomic E-state index is 0.990. The van der Waals surface area contributed by atoms with Gasteiger partial charge in [-0.2, -0.15) is 0 Å². The maximum Gasteiger partial charge on any atom is 0.0202 e. The molecule has 0 saturated carbocycles. The van der Waals surface area contributed by atoms with Crippen molar-refractivity contribution in [2.45, 2.75) is 39.0 Å². The number of hydrogen-bond donors (Lipinski definition) is 1. The molecule has 0 spiro atoms. The number of nitrogens with zero attached hydrogens (tertiary/aromatic N) is 1. The van der Waals surface area contributed by atoms with Crippen LogP contribution < -0.4 is 5.32 Å². The second kappa shape index (κ2) is 7.89. The van der Waals surface area contributed by atoms with Gasteiger partial charge in [0.1, 0.15) is 0 Å². The molecule has 2 nitrogen and oxygen atoms in total. The molecule has 15 heavy (non-hydrogen) atoms. The first-order chi connectivity index (χ1) is 7.33. The van der Waals surface area contributed by atoms with Gasteiger partial charge in [-0.15, -0.1) is 0 Å². The first kappa shape index (κ1) is 12.7. The van der Waals surface area contributed by atoms with Crippen molar-refractivity contribution in [3.05, 3.63) is 12.2 Å². The highest BCUT2D eigenvalue weighted by molar-refractivity contribution is 4.99.